The number of hydrogen-bond donors (Lipinski definition) is 0. The van der Waals surface area contributed by atoms with Gasteiger partial charge in [-0.25, -0.2) is 0 Å². The molecule has 0 N–H and O–H groups in total. The van der Waals surface area contributed by atoms with Crippen molar-refractivity contribution >= 4 is 43.5 Å². The predicted molar refractivity (Wildman–Crippen MR) is 190 cm³/mol. The van der Waals surface area contributed by atoms with Crippen molar-refractivity contribution < 1.29 is 23.6 Å². The Morgan fingerprint density at radius 3 is 1.64 bits per heavy atom. The summed E-state index contributed by atoms with van der Waals surface area (Å²) in [6.45, 7) is 0. The van der Waals surface area contributed by atoms with E-state index in [1.54, 1.807) is 18.2 Å². The van der Waals surface area contributed by atoms with Gasteiger partial charge in [0.05, 0.1) is 19.2 Å². The second-order valence-electron chi connectivity index (χ2n) is 10.6. The Morgan fingerprint density at radius 1 is 0.400 bits per heavy atom. The summed E-state index contributed by atoms with van der Waals surface area (Å²) in [5.41, 5.74) is 2.61. The molecular formula is C44H28O. The zero-order valence-corrected chi connectivity index (χ0v) is 23.5. The summed E-state index contributed by atoms with van der Waals surface area (Å²) in [6.07, 6.45) is 0. The zero-order chi connectivity index (χ0) is 41.9. The van der Waals surface area contributed by atoms with Crippen molar-refractivity contribution in [2.45, 2.75) is 0 Å². The average Bonchev–Trinajstić information content (AvgIpc) is 3.62. The van der Waals surface area contributed by atoms with Gasteiger partial charge in [0.15, 0.2) is 0 Å². The predicted octanol–water partition coefficient (Wildman–Crippen LogP) is 12.6. The van der Waals surface area contributed by atoms with Crippen LogP contribution < -0.4 is 0 Å². The molecule has 210 valence electrons. The molecule has 0 fully saturated rings. The topological polar surface area (TPSA) is 13.1 Å². The number of hydrogen-bond acceptors (Lipinski definition) is 1. The molecule has 0 unspecified atom stereocenters. The SMILES string of the molecule is [2H]c1c([2H])c([2H])c(-c2ccc3c(c2)oc2cccc(-c4c5ccccc5c(-c5c([2H])c([2H])c([2H])c(-c6c([2H])c([2H])c([2H])c([2H])c6[2H])c5[2H])c5ccccc45)c23)c([2H])c1[2H]. The fourth-order valence-corrected chi connectivity index (χ4v) is 6.24. The van der Waals surface area contributed by atoms with Crippen LogP contribution in [-0.4, -0.2) is 0 Å². The molecule has 8 aromatic carbocycles. The van der Waals surface area contributed by atoms with Crippen LogP contribution in [0.4, 0.5) is 0 Å². The number of fused-ring (bicyclic) bond motifs is 5. The molecule has 0 aliphatic rings. The lowest BCUT2D eigenvalue weighted by molar-refractivity contribution is 0.669. The van der Waals surface area contributed by atoms with Gasteiger partial charge in [0.25, 0.3) is 0 Å². The molecule has 0 saturated carbocycles. The maximum Gasteiger partial charge on any atom is 0.136 e. The lowest BCUT2D eigenvalue weighted by atomic mass is 9.84. The summed E-state index contributed by atoms with van der Waals surface area (Å²) in [4.78, 5) is 0. The van der Waals surface area contributed by atoms with Gasteiger partial charge in [0, 0.05) is 10.8 Å². The molecule has 1 heteroatoms. The maximum absolute atomic E-state index is 9.55. The van der Waals surface area contributed by atoms with E-state index in [9.17, 15) is 2.74 Å². The molecule has 1 heterocycles. The van der Waals surface area contributed by atoms with E-state index >= 15 is 0 Å². The van der Waals surface area contributed by atoms with Gasteiger partial charge >= 0.3 is 0 Å². The van der Waals surface area contributed by atoms with Crippen LogP contribution in [0.3, 0.4) is 0 Å². The van der Waals surface area contributed by atoms with E-state index in [0.717, 1.165) is 16.5 Å². The molecule has 9 rings (SSSR count). The van der Waals surface area contributed by atoms with Crippen molar-refractivity contribution in [3.8, 4) is 44.5 Å². The van der Waals surface area contributed by atoms with E-state index in [1.165, 1.54) is 0 Å². The highest BCUT2D eigenvalue weighted by molar-refractivity contribution is 6.25. The van der Waals surface area contributed by atoms with Crippen LogP contribution in [0, 0.1) is 0 Å². The van der Waals surface area contributed by atoms with Gasteiger partial charge in [-0.1, -0.05) is 145 Å². The maximum atomic E-state index is 9.55. The summed E-state index contributed by atoms with van der Waals surface area (Å²) in [7, 11) is 0. The van der Waals surface area contributed by atoms with Crippen LogP contribution in [-0.2, 0) is 0 Å². The summed E-state index contributed by atoms with van der Waals surface area (Å²) in [6, 6.07) is 18.4. The molecule has 0 aliphatic carbocycles. The molecule has 0 radical (unpaired) electrons. The highest BCUT2D eigenvalue weighted by Gasteiger charge is 2.20. The quantitative estimate of drug-likeness (QED) is 0.187. The largest absolute Gasteiger partial charge is 0.456 e. The van der Waals surface area contributed by atoms with E-state index in [2.05, 4.69) is 0 Å². The Hall–Kier alpha value is -5.92. The molecule has 0 saturated heterocycles. The summed E-state index contributed by atoms with van der Waals surface area (Å²) in [5, 5.41) is 4.07. The van der Waals surface area contributed by atoms with E-state index < -0.39 is 72.5 Å². The van der Waals surface area contributed by atoms with E-state index in [1.807, 2.05) is 66.7 Å². The number of rotatable bonds is 4. The lowest BCUT2D eigenvalue weighted by Crippen LogP contribution is -1.91. The summed E-state index contributed by atoms with van der Waals surface area (Å²) >= 11 is 0. The van der Waals surface area contributed by atoms with E-state index in [-0.39, 0.29) is 34.3 Å². The zero-order valence-electron chi connectivity index (χ0n) is 37.5. The molecule has 0 aliphatic heterocycles. The standard InChI is InChI=1S/C44H28O/c1-3-13-29(14-4-1)31-17-11-18-33(27-31)42-34-19-7-9-21-36(34)43(37-22-10-8-20-35(37)42)39-23-12-24-40-44(39)38-26-25-32(28-41(38)45-40)30-15-5-2-6-16-30/h1-28H/i1D,2D,3D,4D,5D,6D,11D,13D,14D,15D,16D,17D,18D,27D. The average molecular weight is 587 g/mol. The van der Waals surface area contributed by atoms with Crippen LogP contribution in [0.2, 0.25) is 0 Å². The fraction of sp³-hybridized carbons (Fsp3) is 0. The Labute approximate surface area is 281 Å². The van der Waals surface area contributed by atoms with Gasteiger partial charge in [-0.05, 0) is 90.3 Å². The van der Waals surface area contributed by atoms with Crippen LogP contribution in [0.25, 0.3) is 88.0 Å². The molecule has 1 nitrogen and oxygen atoms in total. The van der Waals surface area contributed by atoms with Gasteiger partial charge in [-0.3, -0.25) is 0 Å². The van der Waals surface area contributed by atoms with Crippen molar-refractivity contribution in [1.29, 1.82) is 0 Å². The third-order valence-corrected chi connectivity index (χ3v) is 8.11. The van der Waals surface area contributed by atoms with Crippen molar-refractivity contribution in [2.75, 3.05) is 0 Å². The van der Waals surface area contributed by atoms with Crippen molar-refractivity contribution in [3.63, 3.8) is 0 Å². The first-order valence-electron chi connectivity index (χ1n) is 21.3. The summed E-state index contributed by atoms with van der Waals surface area (Å²) in [5.74, 6) is 0. The molecule has 0 bridgehead atoms. The van der Waals surface area contributed by atoms with E-state index in [0.29, 0.717) is 49.2 Å². The Morgan fingerprint density at radius 2 is 0.978 bits per heavy atom. The Balaban J connectivity index is 1.35. The minimum Gasteiger partial charge on any atom is -0.456 e. The minimum absolute atomic E-state index is 0.0288. The van der Waals surface area contributed by atoms with Gasteiger partial charge < -0.3 is 4.42 Å². The molecule has 9 aromatic rings. The number of benzene rings is 8. The minimum atomic E-state index is -0.644. The monoisotopic (exact) mass is 586 g/mol. The smallest absolute Gasteiger partial charge is 0.136 e. The van der Waals surface area contributed by atoms with Crippen LogP contribution in [0.1, 0.15) is 19.2 Å². The first kappa shape index (κ1) is 15.2. The first-order valence-corrected chi connectivity index (χ1v) is 14.3. The van der Waals surface area contributed by atoms with Gasteiger partial charge in [0.2, 0.25) is 0 Å². The summed E-state index contributed by atoms with van der Waals surface area (Å²) < 4.78 is 126. The lowest BCUT2D eigenvalue weighted by Gasteiger charge is -2.18. The van der Waals surface area contributed by atoms with Crippen LogP contribution in [0.5, 0.6) is 0 Å². The number of furan rings is 1. The molecular weight excluding hydrogens is 544 g/mol. The molecule has 0 amide bonds. The second-order valence-corrected chi connectivity index (χ2v) is 10.6. The van der Waals surface area contributed by atoms with Crippen LogP contribution >= 0.6 is 0 Å². The van der Waals surface area contributed by atoms with E-state index in [4.69, 9.17) is 20.9 Å². The third-order valence-electron chi connectivity index (χ3n) is 8.11. The Bertz CT molecular complexity index is 3220. The molecule has 45 heavy (non-hydrogen) atoms. The van der Waals surface area contributed by atoms with Crippen molar-refractivity contribution in [1.82, 2.24) is 0 Å². The highest BCUT2D eigenvalue weighted by atomic mass is 16.3. The fourth-order valence-electron chi connectivity index (χ4n) is 6.24. The highest BCUT2D eigenvalue weighted by Crippen LogP contribution is 2.47. The van der Waals surface area contributed by atoms with Gasteiger partial charge in [-0.15, -0.1) is 0 Å². The Kier molecular flexibility index (Phi) is 3.50. The third kappa shape index (κ3) is 4.17. The molecule has 0 spiro atoms. The van der Waals surface area contributed by atoms with Crippen molar-refractivity contribution in [3.05, 3.63) is 170 Å². The molecule has 1 aromatic heterocycles. The second kappa shape index (κ2) is 10.4. The normalized spacial score (nSPS) is 15.9. The van der Waals surface area contributed by atoms with Crippen LogP contribution in [0.15, 0.2) is 174 Å². The van der Waals surface area contributed by atoms with Crippen molar-refractivity contribution in [2.24, 2.45) is 0 Å². The van der Waals surface area contributed by atoms with Gasteiger partial charge in [0.1, 0.15) is 11.2 Å². The molecule has 0 atom stereocenters. The first-order chi connectivity index (χ1) is 28.1. The van der Waals surface area contributed by atoms with Gasteiger partial charge in [-0.2, -0.15) is 0 Å².